The van der Waals surface area contributed by atoms with E-state index >= 15 is 0 Å². The predicted molar refractivity (Wildman–Crippen MR) is 136 cm³/mol. The summed E-state index contributed by atoms with van der Waals surface area (Å²) in [5.74, 6) is 0.510. The van der Waals surface area contributed by atoms with Crippen molar-refractivity contribution in [1.29, 1.82) is 0 Å². The van der Waals surface area contributed by atoms with Crippen LogP contribution in [-0.2, 0) is 17.8 Å². The van der Waals surface area contributed by atoms with Crippen molar-refractivity contribution in [3.8, 4) is 5.75 Å². The predicted octanol–water partition coefficient (Wildman–Crippen LogP) is 5.26. The summed E-state index contributed by atoms with van der Waals surface area (Å²) in [4.78, 5) is 13.4. The van der Waals surface area contributed by atoms with Crippen LogP contribution in [0.25, 0.3) is 0 Å². The van der Waals surface area contributed by atoms with Gasteiger partial charge in [0.2, 0.25) is 0 Å². The van der Waals surface area contributed by atoms with Crippen LogP contribution in [0.4, 0.5) is 5.69 Å². The SMILES string of the molecule is CCc1ccc(NC(=O)C2=C(C)NC(=S)NC2c2ccccc2OCc2ccccc2)cc1. The molecule has 1 aliphatic heterocycles. The van der Waals surface area contributed by atoms with E-state index in [4.69, 9.17) is 17.0 Å². The molecular formula is C27H27N3O2S. The van der Waals surface area contributed by atoms with E-state index in [9.17, 15) is 4.79 Å². The lowest BCUT2D eigenvalue weighted by Gasteiger charge is -2.31. The van der Waals surface area contributed by atoms with Crippen LogP contribution in [0.15, 0.2) is 90.1 Å². The average Bonchev–Trinajstić information content (AvgIpc) is 2.83. The highest BCUT2D eigenvalue weighted by molar-refractivity contribution is 7.80. The van der Waals surface area contributed by atoms with Crippen LogP contribution >= 0.6 is 12.2 Å². The van der Waals surface area contributed by atoms with E-state index in [1.165, 1.54) is 5.56 Å². The van der Waals surface area contributed by atoms with Crippen LogP contribution < -0.4 is 20.7 Å². The van der Waals surface area contributed by atoms with Gasteiger partial charge in [-0.2, -0.15) is 0 Å². The van der Waals surface area contributed by atoms with Gasteiger partial charge in [-0.15, -0.1) is 0 Å². The summed E-state index contributed by atoms with van der Waals surface area (Å²) in [5, 5.41) is 9.84. The lowest BCUT2D eigenvalue weighted by Crippen LogP contribution is -2.45. The van der Waals surface area contributed by atoms with Crippen molar-refractivity contribution in [2.45, 2.75) is 32.9 Å². The van der Waals surface area contributed by atoms with Crippen molar-refractivity contribution in [2.75, 3.05) is 5.32 Å². The van der Waals surface area contributed by atoms with Crippen molar-refractivity contribution in [3.63, 3.8) is 0 Å². The summed E-state index contributed by atoms with van der Waals surface area (Å²) in [6.45, 7) is 4.40. The Hall–Kier alpha value is -3.64. The first-order valence-electron chi connectivity index (χ1n) is 11.0. The van der Waals surface area contributed by atoms with Gasteiger partial charge in [-0.05, 0) is 54.9 Å². The van der Waals surface area contributed by atoms with Crippen molar-refractivity contribution in [2.24, 2.45) is 0 Å². The van der Waals surface area contributed by atoms with Crippen LogP contribution in [0.3, 0.4) is 0 Å². The summed E-state index contributed by atoms with van der Waals surface area (Å²) in [6, 6.07) is 25.2. The Bertz CT molecular complexity index is 1170. The summed E-state index contributed by atoms with van der Waals surface area (Å²) < 4.78 is 6.16. The van der Waals surface area contributed by atoms with Crippen LogP contribution in [0.1, 0.15) is 36.6 Å². The van der Waals surface area contributed by atoms with Gasteiger partial charge in [0.25, 0.3) is 5.91 Å². The zero-order valence-electron chi connectivity index (χ0n) is 18.7. The number of allylic oxidation sites excluding steroid dienone is 1. The summed E-state index contributed by atoms with van der Waals surface area (Å²) in [5.41, 5.74) is 5.17. The number of nitrogens with one attached hydrogen (secondary N) is 3. The van der Waals surface area contributed by atoms with Gasteiger partial charge >= 0.3 is 0 Å². The molecule has 0 bridgehead atoms. The molecule has 4 rings (SSSR count). The number of anilines is 1. The van der Waals surface area contributed by atoms with Crippen molar-refractivity contribution >= 4 is 28.9 Å². The molecule has 0 aromatic heterocycles. The van der Waals surface area contributed by atoms with Crippen molar-refractivity contribution in [1.82, 2.24) is 10.6 Å². The second kappa shape index (κ2) is 10.3. The maximum atomic E-state index is 13.4. The second-order valence-corrected chi connectivity index (χ2v) is 8.30. The molecule has 0 saturated carbocycles. The molecule has 1 amide bonds. The number of benzene rings is 3. The van der Waals surface area contributed by atoms with Gasteiger partial charge in [0.15, 0.2) is 5.11 Å². The highest BCUT2D eigenvalue weighted by atomic mass is 32.1. The molecule has 1 atom stereocenters. The Morgan fingerprint density at radius 2 is 1.67 bits per heavy atom. The molecule has 3 aromatic rings. The van der Waals surface area contributed by atoms with Gasteiger partial charge in [-0.25, -0.2) is 0 Å². The molecule has 5 nitrogen and oxygen atoms in total. The van der Waals surface area contributed by atoms with E-state index in [0.29, 0.717) is 28.7 Å². The molecule has 0 radical (unpaired) electrons. The van der Waals surface area contributed by atoms with Crippen LogP contribution in [0.2, 0.25) is 0 Å². The zero-order chi connectivity index (χ0) is 23.2. The zero-order valence-corrected chi connectivity index (χ0v) is 19.5. The first-order valence-corrected chi connectivity index (χ1v) is 11.4. The summed E-state index contributed by atoms with van der Waals surface area (Å²) in [6.07, 6.45) is 0.950. The number of carbonyl (C=O) groups excluding carboxylic acids is 1. The minimum atomic E-state index is -0.444. The number of hydrogen-bond acceptors (Lipinski definition) is 3. The van der Waals surface area contributed by atoms with Gasteiger partial charge in [-0.3, -0.25) is 4.79 Å². The number of aryl methyl sites for hydroxylation is 1. The number of para-hydroxylation sites is 1. The molecule has 168 valence electrons. The van der Waals surface area contributed by atoms with E-state index in [1.807, 2.05) is 85.8 Å². The topological polar surface area (TPSA) is 62.4 Å². The summed E-state index contributed by atoms with van der Waals surface area (Å²) in [7, 11) is 0. The minimum Gasteiger partial charge on any atom is -0.489 e. The quantitative estimate of drug-likeness (QED) is 0.423. The van der Waals surface area contributed by atoms with Crippen LogP contribution in [0, 0.1) is 0 Å². The molecule has 33 heavy (non-hydrogen) atoms. The van der Waals surface area contributed by atoms with Crippen LogP contribution in [0.5, 0.6) is 5.75 Å². The Morgan fingerprint density at radius 3 is 2.39 bits per heavy atom. The Morgan fingerprint density at radius 1 is 0.970 bits per heavy atom. The lowest BCUT2D eigenvalue weighted by molar-refractivity contribution is -0.113. The third-order valence-electron chi connectivity index (χ3n) is 5.60. The molecule has 3 aromatic carbocycles. The molecule has 1 unspecified atom stereocenters. The van der Waals surface area contributed by atoms with Crippen molar-refractivity contribution in [3.05, 3.63) is 107 Å². The summed E-state index contributed by atoms with van der Waals surface area (Å²) >= 11 is 5.41. The highest BCUT2D eigenvalue weighted by Gasteiger charge is 2.31. The third kappa shape index (κ3) is 5.41. The normalized spacial score (nSPS) is 15.5. The van der Waals surface area contributed by atoms with Gasteiger partial charge in [0, 0.05) is 16.9 Å². The molecule has 0 spiro atoms. The molecule has 0 aliphatic carbocycles. The van der Waals surface area contributed by atoms with Gasteiger partial charge in [0.05, 0.1) is 11.6 Å². The van der Waals surface area contributed by atoms with E-state index in [2.05, 4.69) is 22.9 Å². The van der Waals surface area contributed by atoms with Gasteiger partial charge in [-0.1, -0.05) is 67.6 Å². The molecule has 1 heterocycles. The van der Waals surface area contributed by atoms with E-state index < -0.39 is 6.04 Å². The standard InChI is InChI=1S/C27H27N3O2S/c1-3-19-13-15-21(16-14-19)29-26(31)24-18(2)28-27(33)30-25(24)22-11-7-8-12-23(22)32-17-20-9-5-4-6-10-20/h4-16,25H,3,17H2,1-2H3,(H,29,31)(H2,28,30,33). The monoisotopic (exact) mass is 457 g/mol. The number of thiocarbonyl (C=S) groups is 1. The molecule has 0 fully saturated rings. The molecule has 3 N–H and O–H groups in total. The van der Waals surface area contributed by atoms with E-state index in [1.54, 1.807) is 0 Å². The maximum absolute atomic E-state index is 13.4. The third-order valence-corrected chi connectivity index (χ3v) is 5.82. The molecule has 6 heteroatoms. The van der Waals surface area contributed by atoms with Crippen molar-refractivity contribution < 1.29 is 9.53 Å². The number of ether oxygens (including phenoxy) is 1. The number of carbonyl (C=O) groups is 1. The molecule has 1 aliphatic rings. The maximum Gasteiger partial charge on any atom is 0.255 e. The molecular weight excluding hydrogens is 430 g/mol. The highest BCUT2D eigenvalue weighted by Crippen LogP contribution is 2.34. The minimum absolute atomic E-state index is 0.192. The van der Waals surface area contributed by atoms with Gasteiger partial charge < -0.3 is 20.7 Å². The first kappa shape index (κ1) is 22.6. The van der Waals surface area contributed by atoms with E-state index in [-0.39, 0.29) is 5.91 Å². The van der Waals surface area contributed by atoms with Gasteiger partial charge in [0.1, 0.15) is 12.4 Å². The molecule has 0 saturated heterocycles. The van der Waals surface area contributed by atoms with E-state index in [0.717, 1.165) is 23.2 Å². The average molecular weight is 458 g/mol. The fourth-order valence-corrected chi connectivity index (χ4v) is 4.11. The second-order valence-electron chi connectivity index (χ2n) is 7.89. The fourth-order valence-electron chi connectivity index (χ4n) is 3.84. The Labute approximate surface area is 199 Å². The largest absolute Gasteiger partial charge is 0.489 e. The number of rotatable bonds is 7. The first-order chi connectivity index (χ1) is 16.0. The fraction of sp³-hybridized carbons (Fsp3) is 0.185. The number of amides is 1. The number of hydrogen-bond donors (Lipinski definition) is 3. The lowest BCUT2D eigenvalue weighted by atomic mass is 9.94. The van der Waals surface area contributed by atoms with Crippen LogP contribution in [-0.4, -0.2) is 11.0 Å². The smallest absolute Gasteiger partial charge is 0.255 e. The Kier molecular flexibility index (Phi) is 7.05. The Balaban J connectivity index is 1.61.